The Morgan fingerprint density at radius 3 is 1.52 bits per heavy atom. The van der Waals surface area contributed by atoms with Crippen LogP contribution in [0.25, 0.3) is 12.2 Å². The zero-order chi connectivity index (χ0) is 48.3. The summed E-state index contributed by atoms with van der Waals surface area (Å²) in [4.78, 5) is 31.6. The summed E-state index contributed by atoms with van der Waals surface area (Å²) in [7, 11) is -4.76. The first kappa shape index (κ1) is 53.6. The second-order valence-corrected chi connectivity index (χ2v) is 18.5. The Morgan fingerprint density at radius 2 is 1.08 bits per heavy atom. The van der Waals surface area contributed by atoms with Crippen molar-refractivity contribution in [1.82, 2.24) is 39.7 Å². The highest BCUT2D eigenvalue weighted by Crippen LogP contribution is 2.31. The van der Waals surface area contributed by atoms with Gasteiger partial charge >= 0.3 is 0 Å². The van der Waals surface area contributed by atoms with Crippen molar-refractivity contribution >= 4 is 81.4 Å². The van der Waals surface area contributed by atoms with Gasteiger partial charge in [0, 0.05) is 29.4 Å². The van der Waals surface area contributed by atoms with Crippen LogP contribution in [0.3, 0.4) is 0 Å². The molecule has 0 aliphatic heterocycles. The van der Waals surface area contributed by atoms with Crippen LogP contribution in [0.1, 0.15) is 79.4 Å². The number of anilines is 8. The lowest BCUT2D eigenvalue weighted by Crippen LogP contribution is -2.36. The molecule has 0 aliphatic carbocycles. The Morgan fingerprint density at radius 1 is 0.652 bits per heavy atom. The highest BCUT2D eigenvalue weighted by molar-refractivity contribution is 7.94. The Hall–Kier alpha value is -5.02. The number of nitrogens with zero attached hydrogens (tertiary/aromatic N) is 8. The number of nitrogens with one attached hydrogen (secondary N) is 6. The third-order valence-corrected chi connectivity index (χ3v) is 11.6. The van der Waals surface area contributed by atoms with E-state index in [-0.39, 0.29) is 54.2 Å². The van der Waals surface area contributed by atoms with E-state index in [1.165, 1.54) is 18.2 Å². The molecule has 22 nitrogen and oxygen atoms in total. The number of hydrogen-bond acceptors (Lipinski definition) is 22. The van der Waals surface area contributed by atoms with Crippen LogP contribution in [0.2, 0.25) is 0 Å². The molecule has 2 heterocycles. The number of aromatic nitrogens is 6. The molecule has 4 aromatic rings. The third-order valence-electron chi connectivity index (χ3n) is 10.0. The van der Waals surface area contributed by atoms with Crippen LogP contribution in [0.4, 0.5) is 47.1 Å². The van der Waals surface area contributed by atoms with Crippen LogP contribution in [-0.2, 0) is 19.5 Å². The second-order valence-electron chi connectivity index (χ2n) is 16.4. The van der Waals surface area contributed by atoms with Crippen LogP contribution >= 0.6 is 12.0 Å². The number of aliphatic hydroxyl groups excluding tert-OH is 2. The second kappa shape index (κ2) is 25.8. The maximum atomic E-state index is 12.8. The van der Waals surface area contributed by atoms with Crippen molar-refractivity contribution in [3.05, 3.63) is 47.5 Å². The molecule has 0 fully saturated rings. The van der Waals surface area contributed by atoms with Gasteiger partial charge in [-0.2, -0.15) is 38.3 Å². The molecule has 2 aromatic carbocycles. The van der Waals surface area contributed by atoms with E-state index >= 15 is 0 Å². The molecule has 0 radical (unpaired) electrons. The molecule has 0 saturated heterocycles. The van der Waals surface area contributed by atoms with E-state index in [4.69, 9.17) is 9.59 Å². The Bertz CT molecular complexity index is 2280. The summed E-state index contributed by atoms with van der Waals surface area (Å²) in [5, 5.41) is 51.6. The monoisotopic (exact) mass is 958 g/mol. The molecule has 0 atom stereocenters. The molecule has 0 unspecified atom stereocenters. The molecular formula is C42H66N14O8S2. The minimum Gasteiger partial charge on any atom is -0.394 e. The number of aliphatic hydroxyl groups is 2. The van der Waals surface area contributed by atoms with Crippen LogP contribution < -0.4 is 31.9 Å². The smallest absolute Gasteiger partial charge is 0.295 e. The Kier molecular flexibility index (Phi) is 20.9. The van der Waals surface area contributed by atoms with Crippen molar-refractivity contribution in [2.75, 3.05) is 97.5 Å². The predicted octanol–water partition coefficient (Wildman–Crippen LogP) is 6.04. The van der Waals surface area contributed by atoms with E-state index < -0.39 is 26.1 Å². The number of benzene rings is 2. The fraction of sp³-hybridized carbons (Fsp3) is 0.524. The number of rotatable bonds is 30. The van der Waals surface area contributed by atoms with Crippen LogP contribution in [0, 0.1) is 0 Å². The van der Waals surface area contributed by atoms with E-state index in [2.05, 4.69) is 104 Å². The van der Waals surface area contributed by atoms with Crippen molar-refractivity contribution in [3.63, 3.8) is 0 Å². The van der Waals surface area contributed by atoms with E-state index in [0.717, 1.165) is 52.1 Å². The fourth-order valence-electron chi connectivity index (χ4n) is 6.19. The van der Waals surface area contributed by atoms with E-state index in [0.29, 0.717) is 47.2 Å². The van der Waals surface area contributed by atoms with Crippen molar-refractivity contribution < 1.29 is 37.8 Å². The van der Waals surface area contributed by atoms with Crippen LogP contribution in [-0.4, -0.2) is 145 Å². The maximum Gasteiger partial charge on any atom is 0.295 e. The molecule has 0 bridgehead atoms. The highest BCUT2D eigenvalue weighted by Gasteiger charge is 2.21. The van der Waals surface area contributed by atoms with E-state index in [1.54, 1.807) is 58.0 Å². The average Bonchev–Trinajstić information content (AvgIpc) is 3.27. The molecular weight excluding hydrogens is 893 g/mol. The van der Waals surface area contributed by atoms with Gasteiger partial charge in [0.2, 0.25) is 35.7 Å². The van der Waals surface area contributed by atoms with Crippen molar-refractivity contribution in [2.45, 2.75) is 89.1 Å². The average molecular weight is 959 g/mol. The van der Waals surface area contributed by atoms with Crippen LogP contribution in [0.15, 0.2) is 46.2 Å². The topological polar surface area (TPSA) is 290 Å². The van der Waals surface area contributed by atoms with Crippen molar-refractivity contribution in [1.29, 1.82) is 0 Å². The molecule has 66 heavy (non-hydrogen) atoms. The zero-order valence-electron chi connectivity index (χ0n) is 38.9. The minimum atomic E-state index is -4.76. The maximum absolute atomic E-state index is 12.8. The molecule has 0 spiro atoms. The first-order chi connectivity index (χ1) is 31.4. The molecule has 364 valence electrons. The summed E-state index contributed by atoms with van der Waals surface area (Å²) >= 11 is 0.677. The molecule has 0 aliphatic rings. The van der Waals surface area contributed by atoms with Gasteiger partial charge in [-0.15, -0.1) is 4.33 Å². The highest BCUT2D eigenvalue weighted by atomic mass is 32.2. The first-order valence-electron chi connectivity index (χ1n) is 21.8. The zero-order valence-corrected chi connectivity index (χ0v) is 40.6. The lowest BCUT2D eigenvalue weighted by atomic mass is 10.1. The standard InChI is InChI=1S/C42H66N14O8S2/c1-9-55(10-2)23-13-21-43-35-47-37(51-39(49-35)53-41(5,6)27-57)45-31-19-17-29(33(25-31)65-64-63-59)15-16-30-18-20-32(26-34(30)66(60,61)62)46-38-48-36(44-22-14-24-56(11-3)12-4)50-40(52-38)54-42(7,8)28-58/h15-20,25-26,57-59H,9-14,21-24,27-28H2,1-8H3,(H,60,61,62)(H3,43,45,47,49,51,53)(H3,44,46,48,50,52,54)/b16-15+. The minimum absolute atomic E-state index is 0.0792. The van der Waals surface area contributed by atoms with Gasteiger partial charge in [-0.25, -0.2) is 5.26 Å². The molecule has 0 amide bonds. The van der Waals surface area contributed by atoms with Gasteiger partial charge < -0.3 is 51.9 Å². The lowest BCUT2D eigenvalue weighted by molar-refractivity contribution is -0.432. The first-order valence-corrected chi connectivity index (χ1v) is 24.0. The number of hydrogen-bond donors (Lipinski definition) is 10. The van der Waals surface area contributed by atoms with Gasteiger partial charge in [0.25, 0.3) is 10.1 Å². The van der Waals surface area contributed by atoms with Gasteiger partial charge in [0.1, 0.15) is 4.90 Å². The summed E-state index contributed by atoms with van der Waals surface area (Å²) in [5.74, 6) is 1.26. The summed E-state index contributed by atoms with van der Waals surface area (Å²) < 4.78 is 40.7. The normalized spacial score (nSPS) is 12.3. The molecule has 4 rings (SSSR count). The van der Waals surface area contributed by atoms with Gasteiger partial charge in [0.15, 0.2) is 0 Å². The van der Waals surface area contributed by atoms with Crippen molar-refractivity contribution in [3.8, 4) is 0 Å². The largest absolute Gasteiger partial charge is 0.394 e. The van der Waals surface area contributed by atoms with Gasteiger partial charge in [0.05, 0.1) is 36.3 Å². The van der Waals surface area contributed by atoms with Crippen molar-refractivity contribution in [2.24, 2.45) is 0 Å². The van der Waals surface area contributed by atoms with E-state index in [1.807, 2.05) is 0 Å². The molecule has 24 heteroatoms. The van der Waals surface area contributed by atoms with Gasteiger partial charge in [-0.3, -0.25) is 4.55 Å². The van der Waals surface area contributed by atoms with Gasteiger partial charge in [-0.05, 0) is 115 Å². The van der Waals surface area contributed by atoms with Gasteiger partial charge in [-0.1, -0.05) is 57.0 Å². The van der Waals surface area contributed by atoms with E-state index in [9.17, 15) is 23.2 Å². The fourth-order valence-corrected chi connectivity index (χ4v) is 7.41. The quantitative estimate of drug-likeness (QED) is 0.00711. The third kappa shape index (κ3) is 17.7. The Labute approximate surface area is 391 Å². The lowest BCUT2D eigenvalue weighted by Gasteiger charge is -2.24. The molecule has 2 aromatic heterocycles. The SMILES string of the molecule is CCN(CC)CCCNc1nc(Nc2ccc(/C=C/c3ccc(Nc4nc(NCCCN(CC)CC)nc(NC(C)(C)CO)n4)cc3S(=O)(=O)O)c(SOOO)c2)nc(NC(C)(C)CO)n1. The summed E-state index contributed by atoms with van der Waals surface area (Å²) in [6.45, 7) is 22.0. The van der Waals surface area contributed by atoms with Crippen LogP contribution in [0.5, 0.6) is 0 Å². The predicted molar refractivity (Wildman–Crippen MR) is 260 cm³/mol. The summed E-state index contributed by atoms with van der Waals surface area (Å²) in [5.41, 5.74) is -0.0840. The Balaban J connectivity index is 1.61. The molecule has 10 N–H and O–H groups in total. The summed E-state index contributed by atoms with van der Waals surface area (Å²) in [6, 6.07) is 9.43. The molecule has 0 saturated carbocycles. The summed E-state index contributed by atoms with van der Waals surface area (Å²) in [6.07, 6.45) is 4.78.